The highest BCUT2D eigenvalue weighted by atomic mass is 16.4. The van der Waals surface area contributed by atoms with Gasteiger partial charge in [0, 0.05) is 19.0 Å². The monoisotopic (exact) mass is 255 g/mol. The first kappa shape index (κ1) is 13.3. The number of amides is 1. The number of piperidine rings is 1. The van der Waals surface area contributed by atoms with Crippen LogP contribution < -0.4 is 0 Å². The molecule has 2 rings (SSSR count). The average Bonchev–Trinajstić information content (AvgIpc) is 2.76. The van der Waals surface area contributed by atoms with Crippen molar-refractivity contribution in [1.29, 1.82) is 0 Å². The molecule has 5 nitrogen and oxygen atoms in total. The molecule has 0 aromatic heterocycles. The first-order chi connectivity index (χ1) is 8.39. The van der Waals surface area contributed by atoms with Gasteiger partial charge in [-0.3, -0.25) is 9.59 Å². The van der Waals surface area contributed by atoms with Crippen molar-refractivity contribution in [2.75, 3.05) is 13.1 Å². The fourth-order valence-corrected chi connectivity index (χ4v) is 3.10. The van der Waals surface area contributed by atoms with Crippen molar-refractivity contribution in [1.82, 2.24) is 4.90 Å². The van der Waals surface area contributed by atoms with Crippen molar-refractivity contribution in [2.45, 2.75) is 44.6 Å². The first-order valence-corrected chi connectivity index (χ1v) is 6.63. The summed E-state index contributed by atoms with van der Waals surface area (Å²) in [6.45, 7) is 2.81. The Morgan fingerprint density at radius 3 is 2.50 bits per heavy atom. The summed E-state index contributed by atoms with van der Waals surface area (Å²) in [5.41, 5.74) is -0.793. The van der Waals surface area contributed by atoms with E-state index in [2.05, 4.69) is 0 Å². The number of aliphatic hydroxyl groups is 1. The van der Waals surface area contributed by atoms with Crippen molar-refractivity contribution in [2.24, 2.45) is 11.8 Å². The Hall–Kier alpha value is -1.10. The van der Waals surface area contributed by atoms with E-state index in [1.54, 1.807) is 11.8 Å². The van der Waals surface area contributed by atoms with E-state index in [9.17, 15) is 14.7 Å². The molecule has 0 aromatic carbocycles. The highest BCUT2D eigenvalue weighted by Gasteiger charge is 2.38. The molecular formula is C13H21NO4. The molecule has 1 saturated heterocycles. The molecule has 2 fully saturated rings. The largest absolute Gasteiger partial charge is 0.481 e. The molecule has 18 heavy (non-hydrogen) atoms. The van der Waals surface area contributed by atoms with Crippen LogP contribution in [0.4, 0.5) is 0 Å². The second-order valence-electron chi connectivity index (χ2n) is 5.91. The Labute approximate surface area is 107 Å². The van der Waals surface area contributed by atoms with Crippen LogP contribution >= 0.6 is 0 Å². The lowest BCUT2D eigenvalue weighted by Gasteiger charge is -2.38. The highest BCUT2D eigenvalue weighted by Crippen LogP contribution is 2.33. The molecule has 0 aromatic rings. The predicted molar refractivity (Wildman–Crippen MR) is 64.9 cm³/mol. The van der Waals surface area contributed by atoms with Crippen molar-refractivity contribution in [3.8, 4) is 0 Å². The maximum atomic E-state index is 12.3. The quantitative estimate of drug-likeness (QED) is 0.767. The average molecular weight is 255 g/mol. The summed E-state index contributed by atoms with van der Waals surface area (Å²) in [5, 5.41) is 18.9. The molecular weight excluding hydrogens is 234 g/mol. The Kier molecular flexibility index (Phi) is 3.61. The Balaban J connectivity index is 1.94. The zero-order valence-electron chi connectivity index (χ0n) is 10.8. The van der Waals surface area contributed by atoms with Crippen LogP contribution in [0.25, 0.3) is 0 Å². The lowest BCUT2D eigenvalue weighted by Crippen LogP contribution is -2.50. The summed E-state index contributed by atoms with van der Waals surface area (Å²) in [7, 11) is 0. The molecule has 0 spiro atoms. The number of nitrogens with zero attached hydrogens (tertiary/aromatic N) is 1. The van der Waals surface area contributed by atoms with Gasteiger partial charge in [0.05, 0.1) is 11.5 Å². The smallest absolute Gasteiger partial charge is 0.306 e. The van der Waals surface area contributed by atoms with Crippen LogP contribution in [-0.2, 0) is 9.59 Å². The van der Waals surface area contributed by atoms with Crippen LogP contribution in [0.5, 0.6) is 0 Å². The van der Waals surface area contributed by atoms with Gasteiger partial charge in [-0.05, 0) is 39.0 Å². The summed E-state index contributed by atoms with van der Waals surface area (Å²) < 4.78 is 0. The van der Waals surface area contributed by atoms with E-state index < -0.39 is 11.6 Å². The number of carboxylic acid groups (broad SMARTS) is 1. The number of aliphatic carboxylic acids is 1. The molecule has 102 valence electrons. The first-order valence-electron chi connectivity index (χ1n) is 6.63. The van der Waals surface area contributed by atoms with Gasteiger partial charge in [-0.2, -0.15) is 0 Å². The Morgan fingerprint density at radius 1 is 1.28 bits per heavy atom. The number of carbonyl (C=O) groups is 2. The van der Waals surface area contributed by atoms with Crippen LogP contribution in [0.2, 0.25) is 0 Å². The van der Waals surface area contributed by atoms with Gasteiger partial charge in [0.1, 0.15) is 0 Å². The maximum absolute atomic E-state index is 12.3. The van der Waals surface area contributed by atoms with E-state index in [1.807, 2.05) is 0 Å². The second kappa shape index (κ2) is 4.88. The SMILES string of the molecule is CC1(O)CCCN(C(=O)[C@@H]2CC[C@H](C(=O)O)C2)C1. The zero-order chi connectivity index (χ0) is 13.3. The summed E-state index contributed by atoms with van der Waals surface area (Å²) in [6, 6.07) is 0. The maximum Gasteiger partial charge on any atom is 0.306 e. The van der Waals surface area contributed by atoms with E-state index in [-0.39, 0.29) is 17.7 Å². The number of rotatable bonds is 2. The number of likely N-dealkylation sites (tertiary alicyclic amines) is 1. The van der Waals surface area contributed by atoms with Gasteiger partial charge in [-0.15, -0.1) is 0 Å². The van der Waals surface area contributed by atoms with Crippen LogP contribution in [0.3, 0.4) is 0 Å². The minimum Gasteiger partial charge on any atom is -0.481 e. The minimum absolute atomic E-state index is 0.0266. The Morgan fingerprint density at radius 2 is 1.94 bits per heavy atom. The Bertz CT molecular complexity index is 353. The number of hydrogen-bond acceptors (Lipinski definition) is 3. The third-order valence-electron chi connectivity index (χ3n) is 4.12. The van der Waals surface area contributed by atoms with Gasteiger partial charge in [-0.1, -0.05) is 0 Å². The van der Waals surface area contributed by atoms with Gasteiger partial charge in [0.2, 0.25) is 5.91 Å². The molecule has 1 saturated carbocycles. The predicted octanol–water partition coefficient (Wildman–Crippen LogP) is 0.861. The third-order valence-corrected chi connectivity index (χ3v) is 4.12. The molecule has 3 atom stereocenters. The third kappa shape index (κ3) is 2.83. The number of hydrogen-bond donors (Lipinski definition) is 2. The lowest BCUT2D eigenvalue weighted by molar-refractivity contribution is -0.143. The molecule has 0 radical (unpaired) electrons. The summed E-state index contributed by atoms with van der Waals surface area (Å²) in [5.74, 6) is -1.31. The molecule has 1 aliphatic carbocycles. The fraction of sp³-hybridized carbons (Fsp3) is 0.846. The summed E-state index contributed by atoms with van der Waals surface area (Å²) >= 11 is 0. The topological polar surface area (TPSA) is 77.8 Å². The highest BCUT2D eigenvalue weighted by molar-refractivity contribution is 5.81. The van der Waals surface area contributed by atoms with E-state index in [0.717, 1.165) is 12.8 Å². The van der Waals surface area contributed by atoms with Gasteiger partial charge in [0.15, 0.2) is 0 Å². The van der Waals surface area contributed by atoms with E-state index >= 15 is 0 Å². The van der Waals surface area contributed by atoms with Crippen molar-refractivity contribution in [3.05, 3.63) is 0 Å². The number of β-amino-alcohol motifs (C(OH)–C–C–N with tert-alkyl or cyclic N) is 1. The molecule has 1 heterocycles. The molecule has 2 aliphatic rings. The normalized spacial score (nSPS) is 36.7. The van der Waals surface area contributed by atoms with Crippen molar-refractivity contribution in [3.63, 3.8) is 0 Å². The van der Waals surface area contributed by atoms with Crippen molar-refractivity contribution >= 4 is 11.9 Å². The lowest BCUT2D eigenvalue weighted by atomic mass is 9.93. The molecule has 1 amide bonds. The minimum atomic E-state index is -0.795. The zero-order valence-corrected chi connectivity index (χ0v) is 10.8. The van der Waals surface area contributed by atoms with Gasteiger partial charge >= 0.3 is 5.97 Å². The van der Waals surface area contributed by atoms with E-state index in [4.69, 9.17) is 5.11 Å². The molecule has 1 aliphatic heterocycles. The van der Waals surface area contributed by atoms with Crippen LogP contribution in [-0.4, -0.2) is 45.7 Å². The molecule has 5 heteroatoms. The van der Waals surface area contributed by atoms with Gasteiger partial charge in [0.25, 0.3) is 0 Å². The standard InChI is InChI=1S/C13H21NO4/c1-13(18)5-2-6-14(8-13)11(15)9-3-4-10(7-9)12(16)17/h9-10,18H,2-8H2,1H3,(H,16,17)/t9-,10+,13?/m1/s1. The van der Waals surface area contributed by atoms with E-state index in [1.165, 1.54) is 0 Å². The molecule has 2 N–H and O–H groups in total. The van der Waals surface area contributed by atoms with Crippen LogP contribution in [0, 0.1) is 11.8 Å². The fourth-order valence-electron chi connectivity index (χ4n) is 3.10. The van der Waals surface area contributed by atoms with Crippen molar-refractivity contribution < 1.29 is 19.8 Å². The van der Waals surface area contributed by atoms with Gasteiger partial charge < -0.3 is 15.1 Å². The summed E-state index contributed by atoms with van der Waals surface area (Å²) in [6.07, 6.45) is 3.24. The van der Waals surface area contributed by atoms with Crippen LogP contribution in [0.15, 0.2) is 0 Å². The van der Waals surface area contributed by atoms with E-state index in [0.29, 0.717) is 32.4 Å². The number of carboxylic acids is 1. The molecule has 0 bridgehead atoms. The summed E-state index contributed by atoms with van der Waals surface area (Å²) in [4.78, 5) is 24.9. The second-order valence-corrected chi connectivity index (χ2v) is 5.91. The number of carbonyl (C=O) groups excluding carboxylic acids is 1. The molecule has 1 unspecified atom stereocenters. The van der Waals surface area contributed by atoms with Gasteiger partial charge in [-0.25, -0.2) is 0 Å². The van der Waals surface area contributed by atoms with Crippen LogP contribution in [0.1, 0.15) is 39.0 Å².